The molecular weight excluding hydrogens is 404 g/mol. The first-order valence-corrected chi connectivity index (χ1v) is 13.8. The van der Waals surface area contributed by atoms with Crippen LogP contribution in [0.1, 0.15) is 120 Å². The molecule has 0 aliphatic heterocycles. The molecule has 0 bridgehead atoms. The summed E-state index contributed by atoms with van der Waals surface area (Å²) in [5.74, 6) is 3.24. The van der Waals surface area contributed by atoms with Crippen LogP contribution < -0.4 is 4.74 Å². The molecule has 3 nitrogen and oxygen atoms in total. The minimum absolute atomic E-state index is 0.520. The van der Waals surface area contributed by atoms with E-state index in [1.54, 1.807) is 0 Å². The van der Waals surface area contributed by atoms with Crippen molar-refractivity contribution in [1.82, 2.24) is 9.97 Å². The average Bonchev–Trinajstić information content (AvgIpc) is 2.87. The van der Waals surface area contributed by atoms with Crippen LogP contribution in [0.5, 0.6) is 5.75 Å². The van der Waals surface area contributed by atoms with E-state index in [1.807, 2.05) is 0 Å². The Bertz CT molecular complexity index is 748. The van der Waals surface area contributed by atoms with Gasteiger partial charge < -0.3 is 4.74 Å². The van der Waals surface area contributed by atoms with Crippen molar-refractivity contribution in [2.45, 2.75) is 116 Å². The molecule has 0 spiro atoms. The Morgan fingerprint density at radius 3 is 1.97 bits per heavy atom. The molecule has 1 aromatic carbocycles. The fourth-order valence-corrected chi connectivity index (χ4v) is 4.93. The maximum atomic E-state index is 6.10. The van der Waals surface area contributed by atoms with Gasteiger partial charge in [-0.3, -0.25) is 0 Å². The molecule has 0 unspecified atom stereocenters. The summed E-state index contributed by atoms with van der Waals surface area (Å²) in [5, 5.41) is 0. The fourth-order valence-electron chi connectivity index (χ4n) is 4.93. The molecule has 1 fully saturated rings. The van der Waals surface area contributed by atoms with Gasteiger partial charge in [0.15, 0.2) is 0 Å². The lowest BCUT2D eigenvalue weighted by atomic mass is 9.82. The summed E-state index contributed by atoms with van der Waals surface area (Å²) < 4.78 is 6.10. The minimum atomic E-state index is 0.520. The van der Waals surface area contributed by atoms with E-state index in [4.69, 9.17) is 14.7 Å². The number of aromatic nitrogens is 2. The number of rotatable bonds is 15. The summed E-state index contributed by atoms with van der Waals surface area (Å²) in [7, 11) is 0. The predicted molar refractivity (Wildman–Crippen MR) is 139 cm³/mol. The Balaban J connectivity index is 1.31. The Kier molecular flexibility index (Phi) is 11.8. The molecule has 33 heavy (non-hydrogen) atoms. The molecule has 182 valence electrons. The molecule has 0 radical (unpaired) electrons. The van der Waals surface area contributed by atoms with Crippen LogP contribution in [0.25, 0.3) is 0 Å². The van der Waals surface area contributed by atoms with Crippen molar-refractivity contribution in [3.05, 3.63) is 53.6 Å². The van der Waals surface area contributed by atoms with Crippen molar-refractivity contribution in [2.24, 2.45) is 5.92 Å². The monoisotopic (exact) mass is 450 g/mol. The predicted octanol–water partition coefficient (Wildman–Crippen LogP) is 8.47. The van der Waals surface area contributed by atoms with E-state index in [2.05, 4.69) is 50.5 Å². The standard InChI is InChI=1S/C30H46N2O/c1-3-5-7-8-9-10-11-13-27-22-31-30(32-23-27)28-18-14-26(15-19-28)24-33-29-20-16-25(17-21-29)12-6-4-2/h16-17,20-23,26,28H,3-15,18-19,24H2,1-2H3/t26-,28-. The first kappa shape index (κ1) is 25.7. The lowest BCUT2D eigenvalue weighted by molar-refractivity contribution is 0.198. The van der Waals surface area contributed by atoms with E-state index in [-0.39, 0.29) is 0 Å². The van der Waals surface area contributed by atoms with Crippen LogP contribution >= 0.6 is 0 Å². The molecule has 1 aromatic heterocycles. The Labute approximate surface area is 202 Å². The SMILES string of the molecule is CCCCCCCCCc1cnc([C@H]2CC[C@H](COc3ccc(CCCC)cc3)CC2)nc1. The zero-order valence-electron chi connectivity index (χ0n) is 21.2. The van der Waals surface area contributed by atoms with Crippen LogP contribution in [0, 0.1) is 5.92 Å². The fraction of sp³-hybridized carbons (Fsp3) is 0.667. The number of hydrogen-bond acceptors (Lipinski definition) is 3. The third-order valence-electron chi connectivity index (χ3n) is 7.23. The van der Waals surface area contributed by atoms with Crippen molar-refractivity contribution in [1.29, 1.82) is 0 Å². The lowest BCUT2D eigenvalue weighted by Crippen LogP contribution is -2.20. The Hall–Kier alpha value is -1.90. The zero-order valence-corrected chi connectivity index (χ0v) is 21.2. The van der Waals surface area contributed by atoms with Crippen molar-refractivity contribution in [2.75, 3.05) is 6.61 Å². The van der Waals surface area contributed by atoms with Gasteiger partial charge in [-0.2, -0.15) is 0 Å². The second kappa shape index (κ2) is 15.1. The summed E-state index contributed by atoms with van der Waals surface area (Å²) in [6.45, 7) is 5.35. The first-order valence-electron chi connectivity index (χ1n) is 13.8. The number of unbranched alkanes of at least 4 members (excludes halogenated alkanes) is 7. The molecule has 0 saturated heterocycles. The van der Waals surface area contributed by atoms with Crippen LogP contribution in [-0.4, -0.2) is 16.6 Å². The molecular formula is C30H46N2O. The molecule has 2 aromatic rings. The van der Waals surface area contributed by atoms with Crippen LogP contribution in [0.2, 0.25) is 0 Å². The number of nitrogens with zero attached hydrogens (tertiary/aromatic N) is 2. The maximum absolute atomic E-state index is 6.10. The number of hydrogen-bond donors (Lipinski definition) is 0. The first-order chi connectivity index (χ1) is 16.3. The normalized spacial score (nSPS) is 18.4. The molecule has 3 rings (SSSR count). The van der Waals surface area contributed by atoms with E-state index in [9.17, 15) is 0 Å². The number of aryl methyl sites for hydroxylation is 2. The highest BCUT2D eigenvalue weighted by atomic mass is 16.5. The third kappa shape index (κ3) is 9.47. The van der Waals surface area contributed by atoms with Gasteiger partial charge in [-0.15, -0.1) is 0 Å². The van der Waals surface area contributed by atoms with E-state index in [0.717, 1.165) is 24.6 Å². The molecule has 1 heterocycles. The third-order valence-corrected chi connectivity index (χ3v) is 7.23. The van der Waals surface area contributed by atoms with Gasteiger partial charge >= 0.3 is 0 Å². The van der Waals surface area contributed by atoms with Gasteiger partial charge in [0, 0.05) is 18.3 Å². The van der Waals surface area contributed by atoms with Gasteiger partial charge in [0.2, 0.25) is 0 Å². The Morgan fingerprint density at radius 2 is 1.30 bits per heavy atom. The molecule has 0 atom stereocenters. The largest absolute Gasteiger partial charge is 0.493 e. The highest BCUT2D eigenvalue weighted by Gasteiger charge is 2.24. The highest BCUT2D eigenvalue weighted by Crippen LogP contribution is 2.34. The molecule has 1 aliphatic carbocycles. The van der Waals surface area contributed by atoms with Crippen LogP contribution in [-0.2, 0) is 12.8 Å². The topological polar surface area (TPSA) is 35.0 Å². The molecule has 0 N–H and O–H groups in total. The average molecular weight is 451 g/mol. The molecule has 0 amide bonds. The quantitative estimate of drug-likeness (QED) is 0.255. The van der Waals surface area contributed by atoms with Gasteiger partial charge in [0.1, 0.15) is 11.6 Å². The molecule has 1 aliphatic rings. The number of benzene rings is 1. The van der Waals surface area contributed by atoms with E-state index in [0.29, 0.717) is 11.8 Å². The van der Waals surface area contributed by atoms with E-state index in [1.165, 1.54) is 101 Å². The summed E-state index contributed by atoms with van der Waals surface area (Å²) >= 11 is 0. The summed E-state index contributed by atoms with van der Waals surface area (Å²) in [6, 6.07) is 8.71. The summed E-state index contributed by atoms with van der Waals surface area (Å²) in [5.41, 5.74) is 2.72. The Morgan fingerprint density at radius 1 is 0.697 bits per heavy atom. The van der Waals surface area contributed by atoms with Crippen molar-refractivity contribution in [3.63, 3.8) is 0 Å². The van der Waals surface area contributed by atoms with Gasteiger partial charge in [0.25, 0.3) is 0 Å². The summed E-state index contributed by atoms with van der Waals surface area (Å²) in [6.07, 6.45) is 23.2. The molecule has 3 heteroatoms. The van der Waals surface area contributed by atoms with Crippen molar-refractivity contribution >= 4 is 0 Å². The van der Waals surface area contributed by atoms with Gasteiger partial charge in [-0.25, -0.2) is 9.97 Å². The maximum Gasteiger partial charge on any atom is 0.131 e. The smallest absolute Gasteiger partial charge is 0.131 e. The number of ether oxygens (including phenoxy) is 1. The van der Waals surface area contributed by atoms with Gasteiger partial charge in [-0.1, -0.05) is 70.9 Å². The van der Waals surface area contributed by atoms with Gasteiger partial charge in [-0.05, 0) is 80.5 Å². The second-order valence-corrected chi connectivity index (χ2v) is 10.1. The lowest BCUT2D eigenvalue weighted by Gasteiger charge is -2.27. The van der Waals surface area contributed by atoms with Crippen LogP contribution in [0.15, 0.2) is 36.7 Å². The van der Waals surface area contributed by atoms with Crippen LogP contribution in [0.4, 0.5) is 0 Å². The van der Waals surface area contributed by atoms with E-state index < -0.39 is 0 Å². The van der Waals surface area contributed by atoms with Crippen molar-refractivity contribution < 1.29 is 4.74 Å². The second-order valence-electron chi connectivity index (χ2n) is 10.1. The summed E-state index contributed by atoms with van der Waals surface area (Å²) in [4.78, 5) is 9.49. The zero-order chi connectivity index (χ0) is 23.1. The highest BCUT2D eigenvalue weighted by molar-refractivity contribution is 5.27. The molecule has 1 saturated carbocycles. The van der Waals surface area contributed by atoms with E-state index >= 15 is 0 Å². The van der Waals surface area contributed by atoms with Gasteiger partial charge in [0.05, 0.1) is 6.61 Å². The van der Waals surface area contributed by atoms with Crippen LogP contribution in [0.3, 0.4) is 0 Å². The minimum Gasteiger partial charge on any atom is -0.493 e. The van der Waals surface area contributed by atoms with Crippen molar-refractivity contribution in [3.8, 4) is 5.75 Å².